The fraction of sp³-hybridized carbons (Fsp3) is 0.714. The summed E-state index contributed by atoms with van der Waals surface area (Å²) in [6.45, 7) is 5.00. The zero-order valence-electron chi connectivity index (χ0n) is 14.3. The molecule has 22 heavy (non-hydrogen) atoms. The predicted molar refractivity (Wildman–Crippen MR) is 93.9 cm³/mol. The third-order valence-corrected chi connectivity index (χ3v) is 7.58. The molecule has 1 aromatic carbocycles. The summed E-state index contributed by atoms with van der Waals surface area (Å²) < 4.78 is 0. The van der Waals surface area contributed by atoms with E-state index in [9.17, 15) is 0 Å². The van der Waals surface area contributed by atoms with Crippen molar-refractivity contribution in [2.24, 2.45) is 23.2 Å². The molecule has 2 saturated carbocycles. The number of anilines is 1. The van der Waals surface area contributed by atoms with Gasteiger partial charge in [0.1, 0.15) is 0 Å². The fourth-order valence-corrected chi connectivity index (χ4v) is 6.53. The molecular formula is C21H31N. The molecule has 0 spiro atoms. The summed E-state index contributed by atoms with van der Waals surface area (Å²) in [5.41, 5.74) is 10.8. The van der Waals surface area contributed by atoms with Crippen LogP contribution in [0.2, 0.25) is 0 Å². The van der Waals surface area contributed by atoms with Crippen LogP contribution in [-0.2, 0) is 6.42 Å². The highest BCUT2D eigenvalue weighted by Gasteiger charge is 2.54. The van der Waals surface area contributed by atoms with E-state index in [4.69, 9.17) is 5.73 Å². The van der Waals surface area contributed by atoms with Gasteiger partial charge in [0.05, 0.1) is 0 Å². The van der Waals surface area contributed by atoms with Crippen molar-refractivity contribution < 1.29 is 0 Å². The molecule has 0 aromatic heterocycles. The minimum absolute atomic E-state index is 0.641. The summed E-state index contributed by atoms with van der Waals surface area (Å²) in [7, 11) is 0. The zero-order chi connectivity index (χ0) is 15.3. The van der Waals surface area contributed by atoms with Crippen LogP contribution in [0.4, 0.5) is 5.69 Å². The molecule has 0 heterocycles. The van der Waals surface area contributed by atoms with E-state index in [1.807, 2.05) is 0 Å². The van der Waals surface area contributed by atoms with Crippen LogP contribution in [0, 0.1) is 23.2 Å². The molecule has 1 heteroatoms. The molecule has 0 saturated heterocycles. The molecule has 5 atom stereocenters. The van der Waals surface area contributed by atoms with Crippen LogP contribution in [0.5, 0.6) is 0 Å². The number of hydrogen-bond donors (Lipinski definition) is 1. The highest BCUT2D eigenvalue weighted by molar-refractivity contribution is 5.47. The van der Waals surface area contributed by atoms with E-state index in [-0.39, 0.29) is 0 Å². The Balaban J connectivity index is 1.64. The molecule has 120 valence electrons. The van der Waals surface area contributed by atoms with Crippen LogP contribution in [-0.4, -0.2) is 0 Å². The molecule has 4 rings (SSSR count). The summed E-state index contributed by atoms with van der Waals surface area (Å²) in [4.78, 5) is 0. The second kappa shape index (κ2) is 5.28. The van der Waals surface area contributed by atoms with Gasteiger partial charge in [-0.2, -0.15) is 0 Å². The molecule has 3 aliphatic rings. The van der Waals surface area contributed by atoms with E-state index in [0.29, 0.717) is 5.41 Å². The summed E-state index contributed by atoms with van der Waals surface area (Å²) in [5, 5.41) is 0. The van der Waals surface area contributed by atoms with Crippen molar-refractivity contribution in [1.29, 1.82) is 0 Å². The van der Waals surface area contributed by atoms with Gasteiger partial charge in [-0.15, -0.1) is 0 Å². The number of aryl methyl sites for hydroxylation is 1. The largest absolute Gasteiger partial charge is 0.399 e. The molecule has 0 bridgehead atoms. The second-order valence-electron chi connectivity index (χ2n) is 8.48. The maximum absolute atomic E-state index is 6.01. The number of benzene rings is 1. The number of nitrogen functional groups attached to an aromatic ring is 1. The summed E-state index contributed by atoms with van der Waals surface area (Å²) in [6.07, 6.45) is 11.3. The second-order valence-corrected chi connectivity index (χ2v) is 8.48. The first-order valence-corrected chi connectivity index (χ1v) is 9.51. The van der Waals surface area contributed by atoms with Gasteiger partial charge in [0.15, 0.2) is 0 Å². The Morgan fingerprint density at radius 2 is 2.05 bits per heavy atom. The Bertz CT molecular complexity index is 563. The van der Waals surface area contributed by atoms with E-state index >= 15 is 0 Å². The van der Waals surface area contributed by atoms with Crippen LogP contribution >= 0.6 is 0 Å². The molecule has 1 nitrogen and oxygen atoms in total. The van der Waals surface area contributed by atoms with Gasteiger partial charge in [-0.25, -0.2) is 0 Å². The average Bonchev–Trinajstić information content (AvgIpc) is 2.84. The van der Waals surface area contributed by atoms with E-state index in [2.05, 4.69) is 32.0 Å². The smallest absolute Gasteiger partial charge is 0.0316 e. The number of rotatable bonds is 2. The van der Waals surface area contributed by atoms with Gasteiger partial charge in [-0.3, -0.25) is 0 Å². The van der Waals surface area contributed by atoms with Crippen LogP contribution in [0.15, 0.2) is 18.2 Å². The topological polar surface area (TPSA) is 26.0 Å². The van der Waals surface area contributed by atoms with Gasteiger partial charge in [0.2, 0.25) is 0 Å². The number of fused-ring (bicyclic) bond motifs is 5. The van der Waals surface area contributed by atoms with Crippen LogP contribution in [0.25, 0.3) is 0 Å². The summed E-state index contributed by atoms with van der Waals surface area (Å²) >= 11 is 0. The molecule has 3 aliphatic carbocycles. The van der Waals surface area contributed by atoms with Crippen LogP contribution in [0.3, 0.4) is 0 Å². The lowest BCUT2D eigenvalue weighted by atomic mass is 9.54. The van der Waals surface area contributed by atoms with E-state index in [1.165, 1.54) is 51.4 Å². The Morgan fingerprint density at radius 1 is 1.18 bits per heavy atom. The molecule has 2 fully saturated rings. The molecule has 0 amide bonds. The van der Waals surface area contributed by atoms with Crippen molar-refractivity contribution >= 4 is 5.69 Å². The van der Waals surface area contributed by atoms with E-state index < -0.39 is 0 Å². The average molecular weight is 297 g/mol. The third kappa shape index (κ3) is 2.04. The van der Waals surface area contributed by atoms with Crippen LogP contribution < -0.4 is 5.73 Å². The summed E-state index contributed by atoms with van der Waals surface area (Å²) in [5.74, 6) is 3.74. The Labute approximate surface area is 135 Å². The highest BCUT2D eigenvalue weighted by atomic mass is 14.6. The maximum atomic E-state index is 6.01. The standard InChI is InChI=1S/C21H31N/c1-3-4-15-6-10-20-19-8-5-14-13-16(22)7-9-17(14)18(19)11-12-21(15,20)2/h7,9,13,15,18-20H,3-6,8,10-12,22H2,1-2H3. The van der Waals surface area contributed by atoms with Gasteiger partial charge < -0.3 is 5.73 Å². The number of hydrogen-bond acceptors (Lipinski definition) is 1. The normalized spacial score (nSPS) is 39.9. The first-order chi connectivity index (χ1) is 10.6. The Morgan fingerprint density at radius 3 is 2.86 bits per heavy atom. The first kappa shape index (κ1) is 14.6. The van der Waals surface area contributed by atoms with E-state index in [1.54, 1.807) is 11.1 Å². The van der Waals surface area contributed by atoms with Crippen LogP contribution in [0.1, 0.15) is 75.8 Å². The van der Waals surface area contributed by atoms with Crippen molar-refractivity contribution in [2.75, 3.05) is 5.73 Å². The van der Waals surface area contributed by atoms with Gasteiger partial charge in [-0.1, -0.05) is 32.8 Å². The van der Waals surface area contributed by atoms with Gasteiger partial charge >= 0.3 is 0 Å². The lowest BCUT2D eigenvalue weighted by molar-refractivity contribution is 0.0257. The predicted octanol–water partition coefficient (Wildman–Crippen LogP) is 5.54. The minimum atomic E-state index is 0.641. The first-order valence-electron chi connectivity index (χ1n) is 9.51. The van der Waals surface area contributed by atoms with Gasteiger partial charge in [0, 0.05) is 5.69 Å². The van der Waals surface area contributed by atoms with Gasteiger partial charge in [-0.05, 0) is 90.9 Å². The molecule has 0 radical (unpaired) electrons. The molecule has 0 aliphatic heterocycles. The Kier molecular flexibility index (Phi) is 3.51. The SMILES string of the molecule is CCCC1CCC2C3CCc4cc(N)ccc4C3CCC12C. The highest BCUT2D eigenvalue weighted by Crippen LogP contribution is 2.63. The monoisotopic (exact) mass is 297 g/mol. The lowest BCUT2D eigenvalue weighted by Gasteiger charge is -2.51. The third-order valence-electron chi connectivity index (χ3n) is 7.58. The van der Waals surface area contributed by atoms with Crippen molar-refractivity contribution in [3.05, 3.63) is 29.3 Å². The van der Waals surface area contributed by atoms with Gasteiger partial charge in [0.25, 0.3) is 0 Å². The summed E-state index contributed by atoms with van der Waals surface area (Å²) in [6, 6.07) is 6.72. The molecule has 1 aromatic rings. The van der Waals surface area contributed by atoms with Crippen molar-refractivity contribution in [2.45, 2.75) is 71.1 Å². The minimum Gasteiger partial charge on any atom is -0.399 e. The van der Waals surface area contributed by atoms with Crippen molar-refractivity contribution in [3.8, 4) is 0 Å². The van der Waals surface area contributed by atoms with Crippen molar-refractivity contribution in [1.82, 2.24) is 0 Å². The van der Waals surface area contributed by atoms with Crippen molar-refractivity contribution in [3.63, 3.8) is 0 Å². The fourth-order valence-electron chi connectivity index (χ4n) is 6.53. The van der Waals surface area contributed by atoms with E-state index in [0.717, 1.165) is 29.4 Å². The molecule has 2 N–H and O–H groups in total. The quantitative estimate of drug-likeness (QED) is 0.712. The molecule has 5 unspecified atom stereocenters. The Hall–Kier alpha value is -0.980. The lowest BCUT2D eigenvalue weighted by Crippen LogP contribution is -2.42. The zero-order valence-corrected chi connectivity index (χ0v) is 14.3. The number of nitrogens with two attached hydrogens (primary N) is 1. The molecular weight excluding hydrogens is 266 g/mol. The maximum Gasteiger partial charge on any atom is 0.0316 e.